The number of aliphatic hydroxyl groups is 1. The van der Waals surface area contributed by atoms with Crippen molar-refractivity contribution in [3.63, 3.8) is 0 Å². The van der Waals surface area contributed by atoms with Gasteiger partial charge in [0, 0.05) is 11.1 Å². The van der Waals surface area contributed by atoms with Crippen LogP contribution in [0.2, 0.25) is 0 Å². The molecule has 0 saturated carbocycles. The first-order chi connectivity index (χ1) is 9.56. The molecular weight excluding hydrogens is 326 g/mol. The van der Waals surface area contributed by atoms with E-state index in [9.17, 15) is 13.9 Å². The second-order valence-electron chi connectivity index (χ2n) is 4.86. The highest BCUT2D eigenvalue weighted by molar-refractivity contribution is 9.10. The van der Waals surface area contributed by atoms with Gasteiger partial charge in [0.2, 0.25) is 0 Å². The van der Waals surface area contributed by atoms with Gasteiger partial charge in [-0.3, -0.25) is 0 Å². The Labute approximate surface area is 125 Å². The zero-order chi connectivity index (χ0) is 14.5. The van der Waals surface area contributed by atoms with E-state index in [0.717, 1.165) is 11.1 Å². The standard InChI is InChI=1S/C16H15BrF2O/c17-14-6-12(8-16(19)9-14)5-13(10-20)4-11-2-1-3-15(18)7-11/h1-3,6-9,13,20H,4-5,10H2. The molecule has 2 rings (SSSR count). The highest BCUT2D eigenvalue weighted by Gasteiger charge is 2.11. The number of aliphatic hydroxyl groups excluding tert-OH is 1. The summed E-state index contributed by atoms with van der Waals surface area (Å²) in [4.78, 5) is 0. The fraction of sp³-hybridized carbons (Fsp3) is 0.250. The number of rotatable bonds is 5. The van der Waals surface area contributed by atoms with E-state index in [-0.39, 0.29) is 24.2 Å². The van der Waals surface area contributed by atoms with Crippen molar-refractivity contribution in [1.29, 1.82) is 0 Å². The molecule has 0 aliphatic rings. The van der Waals surface area contributed by atoms with Crippen LogP contribution in [-0.4, -0.2) is 11.7 Å². The quantitative estimate of drug-likeness (QED) is 0.867. The normalized spacial score (nSPS) is 12.4. The summed E-state index contributed by atoms with van der Waals surface area (Å²) in [5, 5.41) is 9.46. The van der Waals surface area contributed by atoms with Crippen LogP contribution >= 0.6 is 15.9 Å². The lowest BCUT2D eigenvalue weighted by atomic mass is 9.93. The third-order valence-electron chi connectivity index (χ3n) is 3.12. The van der Waals surface area contributed by atoms with Gasteiger partial charge in [-0.05, 0) is 60.2 Å². The Morgan fingerprint density at radius 2 is 1.65 bits per heavy atom. The monoisotopic (exact) mass is 340 g/mol. The van der Waals surface area contributed by atoms with Crippen molar-refractivity contribution in [2.45, 2.75) is 12.8 Å². The lowest BCUT2D eigenvalue weighted by Gasteiger charge is -2.15. The molecule has 1 nitrogen and oxygen atoms in total. The highest BCUT2D eigenvalue weighted by atomic mass is 79.9. The second kappa shape index (κ2) is 6.95. The number of hydrogen-bond donors (Lipinski definition) is 1. The predicted molar refractivity (Wildman–Crippen MR) is 78.5 cm³/mol. The van der Waals surface area contributed by atoms with E-state index in [0.29, 0.717) is 17.3 Å². The molecule has 106 valence electrons. The highest BCUT2D eigenvalue weighted by Crippen LogP contribution is 2.20. The van der Waals surface area contributed by atoms with Crippen LogP contribution in [0.3, 0.4) is 0 Å². The second-order valence-corrected chi connectivity index (χ2v) is 5.78. The van der Waals surface area contributed by atoms with E-state index in [1.54, 1.807) is 6.07 Å². The van der Waals surface area contributed by atoms with E-state index < -0.39 is 0 Å². The Kier molecular flexibility index (Phi) is 5.26. The Balaban J connectivity index is 2.09. The van der Waals surface area contributed by atoms with Gasteiger partial charge >= 0.3 is 0 Å². The molecule has 0 aliphatic heterocycles. The molecule has 0 aromatic heterocycles. The summed E-state index contributed by atoms with van der Waals surface area (Å²) in [7, 11) is 0. The lowest BCUT2D eigenvalue weighted by molar-refractivity contribution is 0.225. The molecule has 2 aromatic rings. The number of halogens is 3. The predicted octanol–water partition coefficient (Wildman–Crippen LogP) is 4.12. The topological polar surface area (TPSA) is 20.2 Å². The molecule has 1 unspecified atom stereocenters. The third-order valence-corrected chi connectivity index (χ3v) is 3.58. The van der Waals surface area contributed by atoms with Gasteiger partial charge in [-0.15, -0.1) is 0 Å². The van der Waals surface area contributed by atoms with Crippen molar-refractivity contribution in [2.75, 3.05) is 6.61 Å². The van der Waals surface area contributed by atoms with Gasteiger partial charge in [0.05, 0.1) is 0 Å². The van der Waals surface area contributed by atoms with Gasteiger partial charge in [-0.2, -0.15) is 0 Å². The first kappa shape index (κ1) is 15.1. The molecule has 0 heterocycles. The largest absolute Gasteiger partial charge is 0.396 e. The number of benzene rings is 2. The minimum absolute atomic E-state index is 0.0232. The third kappa shape index (κ3) is 4.39. The van der Waals surface area contributed by atoms with Crippen LogP contribution in [0, 0.1) is 17.6 Å². The van der Waals surface area contributed by atoms with E-state index in [1.165, 1.54) is 24.3 Å². The van der Waals surface area contributed by atoms with Crippen LogP contribution in [0.5, 0.6) is 0 Å². The van der Waals surface area contributed by atoms with Crippen molar-refractivity contribution in [3.8, 4) is 0 Å². The first-order valence-electron chi connectivity index (χ1n) is 6.37. The Morgan fingerprint density at radius 3 is 2.30 bits per heavy atom. The van der Waals surface area contributed by atoms with Gasteiger partial charge in [0.25, 0.3) is 0 Å². The summed E-state index contributed by atoms with van der Waals surface area (Å²) in [5.74, 6) is -0.657. The molecule has 0 saturated heterocycles. The summed E-state index contributed by atoms with van der Waals surface area (Å²) in [6, 6.07) is 11.0. The van der Waals surface area contributed by atoms with Crippen molar-refractivity contribution in [1.82, 2.24) is 0 Å². The van der Waals surface area contributed by atoms with Crippen LogP contribution in [0.4, 0.5) is 8.78 Å². The Morgan fingerprint density at radius 1 is 0.950 bits per heavy atom. The minimum Gasteiger partial charge on any atom is -0.396 e. The maximum atomic E-state index is 13.3. The summed E-state index contributed by atoms with van der Waals surface area (Å²) in [6.07, 6.45) is 1.10. The van der Waals surface area contributed by atoms with Crippen LogP contribution in [0.15, 0.2) is 46.9 Å². The Bertz CT molecular complexity index is 566. The zero-order valence-corrected chi connectivity index (χ0v) is 12.4. The molecule has 0 aliphatic carbocycles. The van der Waals surface area contributed by atoms with E-state index in [1.807, 2.05) is 12.1 Å². The molecular formula is C16H15BrF2O. The van der Waals surface area contributed by atoms with E-state index in [4.69, 9.17) is 0 Å². The van der Waals surface area contributed by atoms with Crippen LogP contribution in [-0.2, 0) is 12.8 Å². The molecule has 20 heavy (non-hydrogen) atoms. The van der Waals surface area contributed by atoms with Gasteiger partial charge in [-0.25, -0.2) is 8.78 Å². The van der Waals surface area contributed by atoms with Crippen molar-refractivity contribution in [2.24, 2.45) is 5.92 Å². The molecule has 0 radical (unpaired) electrons. The van der Waals surface area contributed by atoms with Crippen LogP contribution in [0.25, 0.3) is 0 Å². The lowest BCUT2D eigenvalue weighted by Crippen LogP contribution is -2.13. The summed E-state index contributed by atoms with van der Waals surface area (Å²) < 4.78 is 27.1. The van der Waals surface area contributed by atoms with Crippen molar-refractivity contribution >= 4 is 15.9 Å². The minimum atomic E-state index is -0.308. The average Bonchev–Trinajstić information content (AvgIpc) is 2.36. The fourth-order valence-corrected chi connectivity index (χ4v) is 2.77. The van der Waals surface area contributed by atoms with Gasteiger partial charge in [-0.1, -0.05) is 28.1 Å². The summed E-state index contributed by atoms with van der Waals surface area (Å²) >= 11 is 3.25. The molecule has 1 N–H and O–H groups in total. The number of hydrogen-bond acceptors (Lipinski definition) is 1. The van der Waals surface area contributed by atoms with Gasteiger partial charge in [0.15, 0.2) is 0 Å². The maximum Gasteiger partial charge on any atom is 0.124 e. The SMILES string of the molecule is OCC(Cc1cccc(F)c1)Cc1cc(F)cc(Br)c1. The zero-order valence-electron chi connectivity index (χ0n) is 10.8. The van der Waals surface area contributed by atoms with Crippen molar-refractivity contribution in [3.05, 3.63) is 69.7 Å². The van der Waals surface area contributed by atoms with E-state index >= 15 is 0 Å². The molecule has 0 spiro atoms. The van der Waals surface area contributed by atoms with Crippen LogP contribution < -0.4 is 0 Å². The first-order valence-corrected chi connectivity index (χ1v) is 7.16. The molecule has 1 atom stereocenters. The van der Waals surface area contributed by atoms with Crippen LogP contribution in [0.1, 0.15) is 11.1 Å². The fourth-order valence-electron chi connectivity index (χ4n) is 2.26. The summed E-state index contributed by atoms with van der Waals surface area (Å²) in [5.41, 5.74) is 1.65. The smallest absolute Gasteiger partial charge is 0.124 e. The molecule has 2 aromatic carbocycles. The maximum absolute atomic E-state index is 13.3. The molecule has 0 bridgehead atoms. The van der Waals surface area contributed by atoms with E-state index in [2.05, 4.69) is 15.9 Å². The molecule has 0 amide bonds. The van der Waals surface area contributed by atoms with Crippen molar-refractivity contribution < 1.29 is 13.9 Å². The van der Waals surface area contributed by atoms with Gasteiger partial charge in [0.1, 0.15) is 11.6 Å². The van der Waals surface area contributed by atoms with Gasteiger partial charge < -0.3 is 5.11 Å². The molecule has 0 fully saturated rings. The summed E-state index contributed by atoms with van der Waals surface area (Å²) in [6.45, 7) is -0.0232. The molecule has 4 heteroatoms. The Hall–Kier alpha value is -1.26. The average molecular weight is 341 g/mol.